The van der Waals surface area contributed by atoms with E-state index in [1.807, 2.05) is 0 Å². The van der Waals surface area contributed by atoms with Crippen molar-refractivity contribution < 1.29 is 13.4 Å². The molecule has 0 saturated heterocycles. The van der Waals surface area contributed by atoms with Crippen LogP contribution in [0.5, 0.6) is 0 Å². The van der Waals surface area contributed by atoms with Crippen LogP contribution in [0.4, 0.5) is 0 Å². The zero-order valence-electron chi connectivity index (χ0n) is 6.04. The summed E-state index contributed by atoms with van der Waals surface area (Å²) in [7, 11) is 0. The molecule has 0 aromatic carbocycles. The summed E-state index contributed by atoms with van der Waals surface area (Å²) >= 11 is 0.321. The van der Waals surface area contributed by atoms with Crippen molar-refractivity contribution >= 4 is 0 Å². The number of hydrogen-bond donors (Lipinski definition) is 0. The monoisotopic (exact) mass is 186 g/mol. The van der Waals surface area contributed by atoms with Crippen molar-refractivity contribution in [3.8, 4) is 0 Å². The van der Waals surface area contributed by atoms with Crippen molar-refractivity contribution in [2.24, 2.45) is 0 Å². The molecule has 0 unspecified atom stereocenters. The minimum atomic E-state index is 0.321. The van der Waals surface area contributed by atoms with Gasteiger partial charge in [-0.3, -0.25) is 0 Å². The van der Waals surface area contributed by atoms with Crippen LogP contribution in [0.15, 0.2) is 37.9 Å². The Hall–Kier alpha value is -0.546. The van der Waals surface area contributed by atoms with Gasteiger partial charge in [0, 0.05) is 0 Å². The molecule has 0 nitrogen and oxygen atoms in total. The molecule has 0 N–H and O–H groups in total. The molecule has 1 radical (unpaired) electrons. The van der Waals surface area contributed by atoms with Crippen LogP contribution >= 0.6 is 0 Å². The molecule has 11 heavy (non-hydrogen) atoms. The molecule has 0 saturated carbocycles. The molecule has 0 bridgehead atoms. The summed E-state index contributed by atoms with van der Waals surface area (Å²) < 4.78 is 4.84. The van der Waals surface area contributed by atoms with Crippen LogP contribution in [0.25, 0.3) is 0 Å². The fourth-order valence-electron chi connectivity index (χ4n) is 1.38. The first-order chi connectivity index (χ1) is 5.47. The summed E-state index contributed by atoms with van der Waals surface area (Å²) in [6.07, 6.45) is 14.5. The second-order valence-corrected chi connectivity index (χ2v) is 5.11. The Kier molecular flexibility index (Phi) is 1.09. The zero-order valence-corrected chi connectivity index (χ0v) is 7.03. The zero-order chi connectivity index (χ0) is 7.26. The third-order valence-electron chi connectivity index (χ3n) is 1.93. The van der Waals surface area contributed by atoms with E-state index in [1.165, 1.54) is 11.0 Å². The molecule has 2 aliphatic carbocycles. The summed E-state index contributed by atoms with van der Waals surface area (Å²) in [6, 6.07) is 0. The predicted octanol–water partition coefficient (Wildman–Crippen LogP) is 2.44. The SMILES string of the molecule is [C]1=[C]([Ni]2[C]3=[C]2CC=C3)CC=C1. The number of allylic oxidation sites excluding steroid dienone is 8. The van der Waals surface area contributed by atoms with Gasteiger partial charge >= 0.3 is 70.3 Å². The first kappa shape index (κ1) is 6.02. The molecule has 1 heterocycles. The van der Waals surface area contributed by atoms with Gasteiger partial charge in [0.2, 0.25) is 0 Å². The van der Waals surface area contributed by atoms with Crippen LogP contribution in [-0.4, -0.2) is 0 Å². The van der Waals surface area contributed by atoms with Crippen LogP contribution in [0.3, 0.4) is 0 Å². The van der Waals surface area contributed by atoms with Crippen LogP contribution in [0.2, 0.25) is 0 Å². The molecule has 1 aliphatic heterocycles. The Morgan fingerprint density at radius 2 is 2.27 bits per heavy atom. The summed E-state index contributed by atoms with van der Waals surface area (Å²) in [5, 5.41) is 0. The normalized spacial score (nSPS) is 28.0. The maximum absolute atomic E-state index is 3.33. The maximum atomic E-state index is 3.33. The van der Waals surface area contributed by atoms with E-state index in [4.69, 9.17) is 0 Å². The molecule has 3 rings (SSSR count). The van der Waals surface area contributed by atoms with Crippen molar-refractivity contribution in [2.45, 2.75) is 12.8 Å². The van der Waals surface area contributed by atoms with Crippen molar-refractivity contribution in [2.75, 3.05) is 0 Å². The van der Waals surface area contributed by atoms with Crippen LogP contribution in [0.1, 0.15) is 12.8 Å². The molecule has 0 amide bonds. The topological polar surface area (TPSA) is 0 Å². The van der Waals surface area contributed by atoms with E-state index in [-0.39, 0.29) is 0 Å². The van der Waals surface area contributed by atoms with Crippen LogP contribution < -0.4 is 0 Å². The molecule has 0 spiro atoms. The van der Waals surface area contributed by atoms with Gasteiger partial charge in [0.05, 0.1) is 0 Å². The third kappa shape index (κ3) is 0.750. The van der Waals surface area contributed by atoms with E-state index in [0.29, 0.717) is 13.4 Å². The van der Waals surface area contributed by atoms with Gasteiger partial charge in [-0.25, -0.2) is 0 Å². The van der Waals surface area contributed by atoms with E-state index in [2.05, 4.69) is 30.4 Å². The number of rotatable bonds is 1. The van der Waals surface area contributed by atoms with E-state index < -0.39 is 0 Å². The van der Waals surface area contributed by atoms with Gasteiger partial charge < -0.3 is 0 Å². The number of hydrogen-bond acceptors (Lipinski definition) is 0. The summed E-state index contributed by atoms with van der Waals surface area (Å²) in [4.78, 5) is 0. The van der Waals surface area contributed by atoms with E-state index in [1.54, 1.807) is 9.09 Å². The van der Waals surface area contributed by atoms with Crippen LogP contribution in [-0.2, 0) is 13.4 Å². The molecular formula is C10H8Ni. The summed E-state index contributed by atoms with van der Waals surface area (Å²) in [5.74, 6) is 0. The molecular weight excluding hydrogens is 179 g/mol. The van der Waals surface area contributed by atoms with Gasteiger partial charge in [-0.2, -0.15) is 0 Å². The molecule has 0 fully saturated rings. The average Bonchev–Trinajstić information content (AvgIpc) is 2.57. The van der Waals surface area contributed by atoms with E-state index >= 15 is 0 Å². The second-order valence-electron chi connectivity index (χ2n) is 2.64. The third-order valence-corrected chi connectivity index (χ3v) is 4.68. The van der Waals surface area contributed by atoms with Gasteiger partial charge in [0.15, 0.2) is 0 Å². The molecule has 0 aromatic rings. The quantitative estimate of drug-likeness (QED) is 0.553. The molecule has 0 aromatic heterocycles. The van der Waals surface area contributed by atoms with Crippen molar-refractivity contribution in [3.05, 3.63) is 44.0 Å². The minimum absolute atomic E-state index is 0.321. The first-order valence-electron chi connectivity index (χ1n) is 3.74. The van der Waals surface area contributed by atoms with E-state index in [9.17, 15) is 0 Å². The molecule has 0 atom stereocenters. The Morgan fingerprint density at radius 3 is 2.91 bits per heavy atom. The fraction of sp³-hybridized carbons (Fsp3) is 0.200. The Morgan fingerprint density at radius 1 is 1.27 bits per heavy atom. The van der Waals surface area contributed by atoms with Gasteiger partial charge in [-0.05, 0) is 0 Å². The molecule has 3 aliphatic rings. The van der Waals surface area contributed by atoms with Gasteiger partial charge in [-0.15, -0.1) is 0 Å². The fourth-order valence-corrected chi connectivity index (χ4v) is 4.00. The summed E-state index contributed by atoms with van der Waals surface area (Å²) in [5.41, 5.74) is 0. The van der Waals surface area contributed by atoms with E-state index in [0.717, 1.165) is 6.42 Å². The predicted molar refractivity (Wildman–Crippen MR) is 41.3 cm³/mol. The second kappa shape index (κ2) is 1.98. The van der Waals surface area contributed by atoms with Crippen LogP contribution in [0, 0.1) is 6.08 Å². The summed E-state index contributed by atoms with van der Waals surface area (Å²) in [6.45, 7) is 0. The molecule has 1 heteroatoms. The Labute approximate surface area is 70.6 Å². The average molecular weight is 187 g/mol. The van der Waals surface area contributed by atoms with Crippen molar-refractivity contribution in [1.29, 1.82) is 0 Å². The van der Waals surface area contributed by atoms with Crippen molar-refractivity contribution in [1.82, 2.24) is 0 Å². The van der Waals surface area contributed by atoms with Gasteiger partial charge in [0.1, 0.15) is 0 Å². The molecule has 58 valence electrons. The van der Waals surface area contributed by atoms with Gasteiger partial charge in [0.25, 0.3) is 0 Å². The standard InChI is InChI=1S/2C5H4.Ni/c2*1-2-4-5-3-1;/h2*1-2H,3H2;. The Bertz CT molecular complexity index is 329. The van der Waals surface area contributed by atoms with Gasteiger partial charge in [-0.1, -0.05) is 0 Å². The Balaban J connectivity index is 1.82. The van der Waals surface area contributed by atoms with Crippen molar-refractivity contribution in [3.63, 3.8) is 0 Å². The first-order valence-corrected chi connectivity index (χ1v) is 5.22.